The first-order chi connectivity index (χ1) is 9.29. The van der Waals surface area contributed by atoms with Gasteiger partial charge in [0.2, 0.25) is 0 Å². The molecule has 0 spiro atoms. The molecule has 1 N–H and O–H groups in total. The van der Waals surface area contributed by atoms with Crippen LogP contribution >= 0.6 is 0 Å². The van der Waals surface area contributed by atoms with Gasteiger partial charge in [-0.1, -0.05) is 0 Å². The van der Waals surface area contributed by atoms with E-state index in [-0.39, 0.29) is 17.0 Å². The number of rotatable bonds is 5. The lowest BCUT2D eigenvalue weighted by Gasteiger charge is -2.22. The molecular weight excluding hydrogens is 268 g/mol. The third-order valence-electron chi connectivity index (χ3n) is 2.89. The summed E-state index contributed by atoms with van der Waals surface area (Å²) in [5.41, 5.74) is -0.152. The molecule has 1 aromatic rings. The lowest BCUT2D eigenvalue weighted by Crippen LogP contribution is -2.40. The van der Waals surface area contributed by atoms with Crippen molar-refractivity contribution in [3.05, 3.63) is 33.9 Å². The molecular formula is C12H14N2O6. The number of amides is 1. The highest BCUT2D eigenvalue weighted by Crippen LogP contribution is 2.25. The van der Waals surface area contributed by atoms with Crippen LogP contribution < -0.4 is 4.74 Å². The van der Waals surface area contributed by atoms with Gasteiger partial charge in [-0.05, 0) is 13.0 Å². The highest BCUT2D eigenvalue weighted by molar-refractivity contribution is 5.99. The van der Waals surface area contributed by atoms with Crippen molar-refractivity contribution in [1.29, 1.82) is 0 Å². The first-order valence-electron chi connectivity index (χ1n) is 5.62. The molecule has 1 atom stereocenters. The van der Waals surface area contributed by atoms with Gasteiger partial charge >= 0.3 is 5.97 Å². The Morgan fingerprint density at radius 3 is 2.50 bits per heavy atom. The standard InChI is InChI=1S/C12H14N2O6/c1-7(12(16)17)13(2)11(15)9-5-4-8(14(18)19)6-10(9)20-3/h4-7H,1-3H3,(H,16,17). The number of nitrogens with zero attached hydrogens (tertiary/aromatic N) is 2. The Kier molecular flexibility index (Phi) is 4.63. The van der Waals surface area contributed by atoms with Gasteiger partial charge in [-0.3, -0.25) is 14.9 Å². The van der Waals surface area contributed by atoms with Crippen LogP contribution in [0.25, 0.3) is 0 Å². The minimum Gasteiger partial charge on any atom is -0.496 e. The summed E-state index contributed by atoms with van der Waals surface area (Å²) in [7, 11) is 2.61. The molecule has 0 aliphatic carbocycles. The molecule has 1 unspecified atom stereocenters. The number of methoxy groups -OCH3 is 1. The molecule has 20 heavy (non-hydrogen) atoms. The lowest BCUT2D eigenvalue weighted by atomic mass is 10.1. The van der Waals surface area contributed by atoms with E-state index in [1.54, 1.807) is 0 Å². The topological polar surface area (TPSA) is 110 Å². The molecule has 0 bridgehead atoms. The molecule has 0 saturated carbocycles. The van der Waals surface area contributed by atoms with Crippen LogP contribution in [0.15, 0.2) is 18.2 Å². The molecule has 0 aromatic heterocycles. The largest absolute Gasteiger partial charge is 0.496 e. The smallest absolute Gasteiger partial charge is 0.326 e. The van der Waals surface area contributed by atoms with Crippen molar-refractivity contribution < 1.29 is 24.4 Å². The Morgan fingerprint density at radius 1 is 1.45 bits per heavy atom. The van der Waals surface area contributed by atoms with E-state index in [2.05, 4.69) is 0 Å². The SMILES string of the molecule is COc1cc([N+](=O)[O-])ccc1C(=O)N(C)C(C)C(=O)O. The van der Waals surface area contributed by atoms with Crippen LogP contribution in [0.3, 0.4) is 0 Å². The van der Waals surface area contributed by atoms with Gasteiger partial charge < -0.3 is 14.7 Å². The summed E-state index contributed by atoms with van der Waals surface area (Å²) in [6, 6.07) is 2.49. The summed E-state index contributed by atoms with van der Waals surface area (Å²) < 4.78 is 4.95. The lowest BCUT2D eigenvalue weighted by molar-refractivity contribution is -0.384. The van der Waals surface area contributed by atoms with Crippen LogP contribution in [-0.2, 0) is 4.79 Å². The monoisotopic (exact) mass is 282 g/mol. The van der Waals surface area contributed by atoms with Crippen molar-refractivity contribution in [1.82, 2.24) is 4.90 Å². The summed E-state index contributed by atoms with van der Waals surface area (Å²) in [6.45, 7) is 1.36. The molecule has 108 valence electrons. The van der Waals surface area contributed by atoms with Gasteiger partial charge in [0.25, 0.3) is 11.6 Å². The summed E-state index contributed by atoms with van der Waals surface area (Å²) >= 11 is 0. The van der Waals surface area contributed by atoms with E-state index in [0.29, 0.717) is 0 Å². The van der Waals surface area contributed by atoms with Crippen molar-refractivity contribution in [2.24, 2.45) is 0 Å². The number of aliphatic carboxylic acids is 1. The second-order valence-electron chi connectivity index (χ2n) is 4.07. The van der Waals surface area contributed by atoms with Crippen molar-refractivity contribution in [2.75, 3.05) is 14.2 Å². The molecule has 0 fully saturated rings. The van der Waals surface area contributed by atoms with Gasteiger partial charge in [0, 0.05) is 13.1 Å². The zero-order chi connectivity index (χ0) is 15.4. The number of carboxylic acids is 1. The van der Waals surface area contributed by atoms with Crippen LogP contribution in [-0.4, -0.2) is 47.0 Å². The Hall–Kier alpha value is -2.64. The maximum atomic E-state index is 12.2. The van der Waals surface area contributed by atoms with Gasteiger partial charge in [0.05, 0.1) is 23.7 Å². The van der Waals surface area contributed by atoms with E-state index in [1.807, 2.05) is 0 Å². The molecule has 1 aromatic carbocycles. The third-order valence-corrected chi connectivity index (χ3v) is 2.89. The number of hydrogen-bond donors (Lipinski definition) is 1. The minimum atomic E-state index is -1.15. The maximum Gasteiger partial charge on any atom is 0.326 e. The number of likely N-dealkylation sites (N-methyl/N-ethyl adjacent to an activating group) is 1. The van der Waals surface area contributed by atoms with E-state index in [9.17, 15) is 19.7 Å². The van der Waals surface area contributed by atoms with E-state index >= 15 is 0 Å². The fraction of sp³-hybridized carbons (Fsp3) is 0.333. The summed E-state index contributed by atoms with van der Waals surface area (Å²) in [5.74, 6) is -1.72. The fourth-order valence-electron chi connectivity index (χ4n) is 1.50. The number of carbonyl (C=O) groups excluding carboxylic acids is 1. The van der Waals surface area contributed by atoms with Crippen molar-refractivity contribution in [3.63, 3.8) is 0 Å². The maximum absolute atomic E-state index is 12.2. The molecule has 8 heteroatoms. The number of non-ortho nitro benzene ring substituents is 1. The van der Waals surface area contributed by atoms with E-state index in [4.69, 9.17) is 9.84 Å². The fourth-order valence-corrected chi connectivity index (χ4v) is 1.50. The number of ether oxygens (including phenoxy) is 1. The number of carboxylic acid groups (broad SMARTS) is 1. The van der Waals surface area contributed by atoms with Crippen molar-refractivity contribution >= 4 is 17.6 Å². The number of benzene rings is 1. The highest BCUT2D eigenvalue weighted by atomic mass is 16.6. The molecule has 0 heterocycles. The Labute approximate surface area is 114 Å². The van der Waals surface area contributed by atoms with E-state index in [0.717, 1.165) is 17.0 Å². The molecule has 8 nitrogen and oxygen atoms in total. The van der Waals surface area contributed by atoms with Crippen LogP contribution in [0.5, 0.6) is 5.75 Å². The van der Waals surface area contributed by atoms with E-state index in [1.165, 1.54) is 27.1 Å². The molecule has 1 amide bonds. The Morgan fingerprint density at radius 2 is 2.05 bits per heavy atom. The average molecular weight is 282 g/mol. The molecule has 0 radical (unpaired) electrons. The Bertz CT molecular complexity index is 557. The number of nitro groups is 1. The number of hydrogen-bond acceptors (Lipinski definition) is 5. The molecule has 0 aliphatic heterocycles. The molecule has 0 saturated heterocycles. The van der Waals surface area contributed by atoms with Gasteiger partial charge in [0.1, 0.15) is 11.8 Å². The first kappa shape index (κ1) is 15.4. The van der Waals surface area contributed by atoms with Crippen LogP contribution in [0.4, 0.5) is 5.69 Å². The molecule has 0 aliphatic rings. The third kappa shape index (κ3) is 3.02. The second-order valence-corrected chi connectivity index (χ2v) is 4.07. The van der Waals surface area contributed by atoms with Crippen LogP contribution in [0.2, 0.25) is 0 Å². The van der Waals surface area contributed by atoms with Gasteiger partial charge in [0.15, 0.2) is 0 Å². The normalized spacial score (nSPS) is 11.6. The average Bonchev–Trinajstić information content (AvgIpc) is 2.43. The predicted molar refractivity (Wildman–Crippen MR) is 68.8 cm³/mol. The van der Waals surface area contributed by atoms with Gasteiger partial charge in [-0.2, -0.15) is 0 Å². The molecule has 1 rings (SSSR count). The highest BCUT2D eigenvalue weighted by Gasteiger charge is 2.26. The van der Waals surface area contributed by atoms with Gasteiger partial charge in [-0.15, -0.1) is 0 Å². The van der Waals surface area contributed by atoms with Crippen molar-refractivity contribution in [2.45, 2.75) is 13.0 Å². The minimum absolute atomic E-state index is 0.0219. The summed E-state index contributed by atoms with van der Waals surface area (Å²) in [6.07, 6.45) is 0. The van der Waals surface area contributed by atoms with Crippen LogP contribution in [0.1, 0.15) is 17.3 Å². The predicted octanol–water partition coefficient (Wildman–Crippen LogP) is 1.15. The zero-order valence-corrected chi connectivity index (χ0v) is 11.2. The quantitative estimate of drug-likeness (QED) is 0.640. The number of nitro benzene ring substituents is 1. The first-order valence-corrected chi connectivity index (χ1v) is 5.62. The van der Waals surface area contributed by atoms with Gasteiger partial charge in [-0.25, -0.2) is 4.79 Å². The van der Waals surface area contributed by atoms with Crippen molar-refractivity contribution in [3.8, 4) is 5.75 Å². The number of carbonyl (C=O) groups is 2. The second kappa shape index (κ2) is 6.00. The zero-order valence-electron chi connectivity index (χ0n) is 11.2. The summed E-state index contributed by atoms with van der Waals surface area (Å²) in [5, 5.41) is 19.5. The van der Waals surface area contributed by atoms with E-state index < -0.39 is 22.8 Å². The summed E-state index contributed by atoms with van der Waals surface area (Å²) in [4.78, 5) is 34.1. The Balaban J connectivity index is 3.16. The van der Waals surface area contributed by atoms with Crippen LogP contribution in [0, 0.1) is 10.1 Å².